The summed E-state index contributed by atoms with van der Waals surface area (Å²) in [6.45, 7) is 3.76. The zero-order chi connectivity index (χ0) is 14.9. The van der Waals surface area contributed by atoms with Gasteiger partial charge in [0.25, 0.3) is 0 Å². The highest BCUT2D eigenvalue weighted by molar-refractivity contribution is 6.03. The van der Waals surface area contributed by atoms with E-state index < -0.39 is 11.9 Å². The highest BCUT2D eigenvalue weighted by Gasteiger charge is 2.19. The van der Waals surface area contributed by atoms with Crippen LogP contribution in [0.3, 0.4) is 0 Å². The van der Waals surface area contributed by atoms with Crippen molar-refractivity contribution in [1.82, 2.24) is 15.2 Å². The summed E-state index contributed by atoms with van der Waals surface area (Å²) in [5.41, 5.74) is 0.665. The van der Waals surface area contributed by atoms with Gasteiger partial charge in [0, 0.05) is 13.8 Å². The number of hydrogen-bond acceptors (Lipinski definition) is 7. The summed E-state index contributed by atoms with van der Waals surface area (Å²) in [5, 5.41) is 7.40. The molecule has 2 rings (SSSR count). The Morgan fingerprint density at radius 1 is 1.10 bits per heavy atom. The lowest BCUT2D eigenvalue weighted by atomic mass is 10.1. The van der Waals surface area contributed by atoms with E-state index in [0.717, 1.165) is 4.85 Å². The lowest BCUT2D eigenvalue weighted by Crippen LogP contribution is -2.17. The molecule has 8 heteroatoms. The van der Waals surface area contributed by atoms with Crippen molar-refractivity contribution in [3.05, 3.63) is 17.7 Å². The minimum Gasteiger partial charge on any atom is -0.423 e. The molecule has 2 aromatic rings. The Morgan fingerprint density at radius 3 is 2.35 bits per heavy atom. The SMILES string of the molecule is CC(=O)Oc1c(C(C)=O)ccc2c1nnn2OC(C)=O. The van der Waals surface area contributed by atoms with Gasteiger partial charge in [-0.05, 0) is 24.3 Å². The van der Waals surface area contributed by atoms with E-state index >= 15 is 0 Å². The molecule has 20 heavy (non-hydrogen) atoms. The number of ether oxygens (including phenoxy) is 1. The lowest BCUT2D eigenvalue weighted by Gasteiger charge is -2.07. The quantitative estimate of drug-likeness (QED) is 0.349. The standard InChI is InChI=1S/C12H11N3O5/c1-6(16)9-4-5-10-11(12(9)19-7(2)17)13-14-15(10)20-8(3)18/h4-5H,1-3H3. The molecule has 0 aliphatic rings. The number of ketones is 1. The van der Waals surface area contributed by atoms with Crippen LogP contribution in [0, 0.1) is 0 Å². The molecule has 1 heterocycles. The second kappa shape index (κ2) is 5.08. The third-order valence-electron chi connectivity index (χ3n) is 2.38. The molecule has 0 atom stereocenters. The van der Waals surface area contributed by atoms with Gasteiger partial charge in [-0.15, -0.1) is 5.10 Å². The summed E-state index contributed by atoms with van der Waals surface area (Å²) in [6.07, 6.45) is 0. The van der Waals surface area contributed by atoms with Crippen molar-refractivity contribution in [2.75, 3.05) is 0 Å². The summed E-state index contributed by atoms with van der Waals surface area (Å²) in [6, 6.07) is 2.95. The third-order valence-corrected chi connectivity index (χ3v) is 2.38. The molecule has 0 amide bonds. The van der Waals surface area contributed by atoms with Gasteiger partial charge in [0.2, 0.25) is 0 Å². The van der Waals surface area contributed by atoms with Crippen LogP contribution in [-0.4, -0.2) is 32.9 Å². The molecule has 0 unspecified atom stereocenters. The molecule has 0 N–H and O–H groups in total. The average Bonchev–Trinajstić information content (AvgIpc) is 2.71. The molecular formula is C12H11N3O5. The minimum absolute atomic E-state index is 0.000835. The van der Waals surface area contributed by atoms with E-state index in [-0.39, 0.29) is 22.6 Å². The van der Waals surface area contributed by atoms with Gasteiger partial charge in [0.1, 0.15) is 5.52 Å². The Labute approximate surface area is 113 Å². The highest BCUT2D eigenvalue weighted by atomic mass is 16.7. The number of nitrogens with zero attached hydrogens (tertiary/aromatic N) is 3. The van der Waals surface area contributed by atoms with Gasteiger partial charge >= 0.3 is 11.9 Å². The number of fused-ring (bicyclic) bond motifs is 1. The van der Waals surface area contributed by atoms with E-state index in [1.165, 1.54) is 32.9 Å². The van der Waals surface area contributed by atoms with Crippen LogP contribution in [0.1, 0.15) is 31.1 Å². The molecule has 1 aromatic heterocycles. The van der Waals surface area contributed by atoms with Gasteiger partial charge in [-0.25, -0.2) is 4.79 Å². The van der Waals surface area contributed by atoms with Crippen LogP contribution in [0.4, 0.5) is 0 Å². The van der Waals surface area contributed by atoms with E-state index in [2.05, 4.69) is 10.3 Å². The van der Waals surface area contributed by atoms with Crippen LogP contribution in [0.15, 0.2) is 12.1 Å². The molecule has 0 aliphatic heterocycles. The smallest absolute Gasteiger partial charge is 0.332 e. The summed E-state index contributed by atoms with van der Waals surface area (Å²) in [7, 11) is 0. The number of carbonyl (C=O) groups is 3. The molecule has 104 valence electrons. The third kappa shape index (κ3) is 2.48. The van der Waals surface area contributed by atoms with E-state index in [9.17, 15) is 14.4 Å². The van der Waals surface area contributed by atoms with E-state index in [0.29, 0.717) is 5.52 Å². The largest absolute Gasteiger partial charge is 0.423 e. The number of hydrogen-bond donors (Lipinski definition) is 0. The van der Waals surface area contributed by atoms with Crippen molar-refractivity contribution < 1.29 is 24.0 Å². The van der Waals surface area contributed by atoms with Crippen molar-refractivity contribution in [1.29, 1.82) is 0 Å². The van der Waals surface area contributed by atoms with Crippen molar-refractivity contribution in [3.8, 4) is 5.75 Å². The lowest BCUT2D eigenvalue weighted by molar-refractivity contribution is -0.142. The summed E-state index contributed by atoms with van der Waals surface area (Å²) < 4.78 is 5.02. The van der Waals surface area contributed by atoms with Gasteiger partial charge < -0.3 is 9.57 Å². The molecule has 0 aliphatic carbocycles. The first-order chi connectivity index (χ1) is 9.40. The fourth-order valence-corrected chi connectivity index (χ4v) is 1.66. The number of esters is 1. The fraction of sp³-hybridized carbons (Fsp3) is 0.250. The monoisotopic (exact) mass is 277 g/mol. The van der Waals surface area contributed by atoms with Crippen LogP contribution >= 0.6 is 0 Å². The number of carbonyl (C=O) groups excluding carboxylic acids is 3. The predicted molar refractivity (Wildman–Crippen MR) is 66.1 cm³/mol. The Kier molecular flexibility index (Phi) is 3.47. The maximum Gasteiger partial charge on any atom is 0.332 e. The summed E-state index contributed by atoms with van der Waals surface area (Å²) >= 11 is 0. The first-order valence-corrected chi connectivity index (χ1v) is 5.67. The number of benzene rings is 1. The Balaban J connectivity index is 2.65. The average molecular weight is 277 g/mol. The highest BCUT2D eigenvalue weighted by Crippen LogP contribution is 2.28. The first-order valence-electron chi connectivity index (χ1n) is 5.67. The topological polar surface area (TPSA) is 100 Å². The van der Waals surface area contributed by atoms with Gasteiger partial charge in [-0.2, -0.15) is 0 Å². The number of Topliss-reactive ketones (excluding diaryl/α,β-unsaturated/α-hetero) is 1. The van der Waals surface area contributed by atoms with Crippen molar-refractivity contribution in [3.63, 3.8) is 0 Å². The second-order valence-electron chi connectivity index (χ2n) is 4.01. The molecule has 0 spiro atoms. The van der Waals surface area contributed by atoms with Gasteiger partial charge in [-0.1, -0.05) is 4.85 Å². The van der Waals surface area contributed by atoms with E-state index in [4.69, 9.17) is 9.57 Å². The minimum atomic E-state index is -0.595. The molecule has 8 nitrogen and oxygen atoms in total. The van der Waals surface area contributed by atoms with Crippen molar-refractivity contribution >= 4 is 28.8 Å². The van der Waals surface area contributed by atoms with Gasteiger partial charge in [0.05, 0.1) is 5.56 Å². The predicted octanol–water partition coefficient (Wildman–Crippen LogP) is 0.534. The van der Waals surface area contributed by atoms with Crippen molar-refractivity contribution in [2.45, 2.75) is 20.8 Å². The zero-order valence-electron chi connectivity index (χ0n) is 11.0. The maximum absolute atomic E-state index is 11.5. The van der Waals surface area contributed by atoms with Crippen LogP contribution in [0.2, 0.25) is 0 Å². The van der Waals surface area contributed by atoms with E-state index in [1.54, 1.807) is 0 Å². The van der Waals surface area contributed by atoms with Crippen LogP contribution < -0.4 is 9.57 Å². The van der Waals surface area contributed by atoms with E-state index in [1.807, 2.05) is 0 Å². The number of rotatable bonds is 3. The molecule has 0 fully saturated rings. The second-order valence-corrected chi connectivity index (χ2v) is 4.01. The van der Waals surface area contributed by atoms with Crippen molar-refractivity contribution in [2.24, 2.45) is 0 Å². The summed E-state index contributed by atoms with van der Waals surface area (Å²) in [5.74, 6) is -1.46. The first kappa shape index (κ1) is 13.7. The molecule has 0 saturated carbocycles. The maximum atomic E-state index is 11.5. The van der Waals surface area contributed by atoms with Crippen LogP contribution in [0.25, 0.3) is 11.0 Å². The van der Waals surface area contributed by atoms with Crippen LogP contribution in [-0.2, 0) is 9.59 Å². The van der Waals surface area contributed by atoms with Gasteiger partial charge in [0.15, 0.2) is 17.0 Å². The fourth-order valence-electron chi connectivity index (χ4n) is 1.66. The van der Waals surface area contributed by atoms with Gasteiger partial charge in [-0.3, -0.25) is 9.59 Å². The molecule has 0 bridgehead atoms. The Bertz CT molecular complexity index is 719. The Morgan fingerprint density at radius 2 is 1.80 bits per heavy atom. The molecule has 1 aromatic carbocycles. The zero-order valence-corrected chi connectivity index (χ0v) is 11.0. The Hall–Kier alpha value is -2.77. The molecule has 0 saturated heterocycles. The number of aromatic nitrogens is 3. The van der Waals surface area contributed by atoms with Crippen LogP contribution in [0.5, 0.6) is 5.75 Å². The summed E-state index contributed by atoms with van der Waals surface area (Å²) in [4.78, 5) is 39.3. The normalized spacial score (nSPS) is 10.3. The molecular weight excluding hydrogens is 266 g/mol. The molecule has 0 radical (unpaired) electrons.